The third-order valence-electron chi connectivity index (χ3n) is 5.25. The van der Waals surface area contributed by atoms with Crippen LogP contribution in [0.1, 0.15) is 40.7 Å². The van der Waals surface area contributed by atoms with Crippen molar-refractivity contribution in [1.82, 2.24) is 9.99 Å². The Bertz CT molecular complexity index is 1100. The maximum Gasteiger partial charge on any atom is 0.273 e. The standard InChI is InChI=1S/C24H25N3O3/c1-16(9-10-19-11-12-22-23(14-19)30-15-29-22)25-26-24(28)21-13-17(2)27(18(21)3)20-7-5-4-6-8-20/h4-8,11-14H,9-10,15H2,1-3H3,(H,26,28). The summed E-state index contributed by atoms with van der Waals surface area (Å²) in [5.41, 5.74) is 8.27. The fourth-order valence-electron chi connectivity index (χ4n) is 3.65. The first-order valence-electron chi connectivity index (χ1n) is 9.99. The number of hydrazone groups is 1. The van der Waals surface area contributed by atoms with Crippen LogP contribution in [0.2, 0.25) is 0 Å². The lowest BCUT2D eigenvalue weighted by molar-refractivity contribution is 0.0954. The first-order chi connectivity index (χ1) is 14.5. The van der Waals surface area contributed by atoms with Crippen LogP contribution >= 0.6 is 0 Å². The summed E-state index contributed by atoms with van der Waals surface area (Å²) in [6, 6.07) is 17.9. The van der Waals surface area contributed by atoms with E-state index in [0.717, 1.165) is 52.7 Å². The Hall–Kier alpha value is -3.54. The molecule has 4 rings (SSSR count). The molecule has 0 saturated heterocycles. The summed E-state index contributed by atoms with van der Waals surface area (Å²) >= 11 is 0. The summed E-state index contributed by atoms with van der Waals surface area (Å²) in [5.74, 6) is 1.36. The molecule has 6 heteroatoms. The number of aryl methyl sites for hydroxylation is 2. The molecule has 1 aliphatic heterocycles. The van der Waals surface area contributed by atoms with Gasteiger partial charge >= 0.3 is 0 Å². The highest BCUT2D eigenvalue weighted by atomic mass is 16.7. The van der Waals surface area contributed by atoms with Gasteiger partial charge in [-0.3, -0.25) is 4.79 Å². The fourth-order valence-corrected chi connectivity index (χ4v) is 3.65. The Labute approximate surface area is 176 Å². The Morgan fingerprint density at radius 1 is 1.07 bits per heavy atom. The largest absolute Gasteiger partial charge is 0.454 e. The van der Waals surface area contributed by atoms with E-state index in [-0.39, 0.29) is 12.7 Å². The Kier molecular flexibility index (Phi) is 5.57. The first kappa shape index (κ1) is 19.8. The Morgan fingerprint density at radius 3 is 2.63 bits per heavy atom. The lowest BCUT2D eigenvalue weighted by Crippen LogP contribution is -2.20. The Balaban J connectivity index is 1.40. The normalized spacial score (nSPS) is 12.8. The van der Waals surface area contributed by atoms with E-state index >= 15 is 0 Å². The zero-order valence-corrected chi connectivity index (χ0v) is 17.4. The van der Waals surface area contributed by atoms with Gasteiger partial charge < -0.3 is 14.0 Å². The van der Waals surface area contributed by atoms with E-state index in [0.29, 0.717) is 5.56 Å². The maximum atomic E-state index is 12.7. The monoisotopic (exact) mass is 403 g/mol. The minimum atomic E-state index is -0.201. The molecule has 154 valence electrons. The highest BCUT2D eigenvalue weighted by molar-refractivity contribution is 5.96. The highest BCUT2D eigenvalue weighted by Crippen LogP contribution is 2.32. The second kappa shape index (κ2) is 8.45. The van der Waals surface area contributed by atoms with Gasteiger partial charge in [0, 0.05) is 22.8 Å². The lowest BCUT2D eigenvalue weighted by atomic mass is 10.1. The van der Waals surface area contributed by atoms with Crippen molar-refractivity contribution in [2.75, 3.05) is 6.79 Å². The summed E-state index contributed by atoms with van der Waals surface area (Å²) in [6.45, 7) is 6.14. The van der Waals surface area contributed by atoms with E-state index in [1.54, 1.807) is 0 Å². The van der Waals surface area contributed by atoms with Gasteiger partial charge in [-0.1, -0.05) is 24.3 Å². The van der Waals surface area contributed by atoms with Crippen molar-refractivity contribution in [3.8, 4) is 17.2 Å². The molecule has 0 atom stereocenters. The number of nitrogens with one attached hydrogen (secondary N) is 1. The van der Waals surface area contributed by atoms with Gasteiger partial charge in [0.05, 0.1) is 5.56 Å². The van der Waals surface area contributed by atoms with Gasteiger partial charge in [0.2, 0.25) is 6.79 Å². The van der Waals surface area contributed by atoms with Gasteiger partial charge in [0.1, 0.15) is 0 Å². The van der Waals surface area contributed by atoms with Crippen molar-refractivity contribution in [1.29, 1.82) is 0 Å². The number of carbonyl (C=O) groups excluding carboxylic acids is 1. The second-order valence-corrected chi connectivity index (χ2v) is 7.43. The molecule has 6 nitrogen and oxygen atoms in total. The average Bonchev–Trinajstić information content (AvgIpc) is 3.34. The molecule has 0 bridgehead atoms. The molecule has 3 aromatic rings. The van der Waals surface area contributed by atoms with E-state index in [9.17, 15) is 4.79 Å². The molecule has 0 unspecified atom stereocenters. The molecular weight excluding hydrogens is 378 g/mol. The quantitative estimate of drug-likeness (QED) is 0.485. The Morgan fingerprint density at radius 2 is 1.83 bits per heavy atom. The van der Waals surface area contributed by atoms with E-state index in [4.69, 9.17) is 9.47 Å². The molecule has 1 amide bonds. The van der Waals surface area contributed by atoms with Crippen molar-refractivity contribution in [3.05, 3.63) is 77.1 Å². The third kappa shape index (κ3) is 4.08. The van der Waals surface area contributed by atoms with Crippen LogP contribution in [0.15, 0.2) is 59.7 Å². The van der Waals surface area contributed by atoms with Gasteiger partial charge in [0.25, 0.3) is 5.91 Å². The fraction of sp³-hybridized carbons (Fsp3) is 0.250. The molecule has 0 fully saturated rings. The topological polar surface area (TPSA) is 64.8 Å². The zero-order chi connectivity index (χ0) is 21.1. The van der Waals surface area contributed by atoms with Crippen LogP contribution in [0.3, 0.4) is 0 Å². The molecule has 2 heterocycles. The number of benzene rings is 2. The SMILES string of the molecule is CC(CCc1ccc2c(c1)OCO2)=NNC(=O)c1cc(C)n(-c2ccccc2)c1C. The number of hydrogen-bond acceptors (Lipinski definition) is 4. The molecule has 1 aromatic heterocycles. The van der Waals surface area contributed by atoms with E-state index in [2.05, 4.69) is 15.1 Å². The molecule has 0 saturated carbocycles. The van der Waals surface area contributed by atoms with Crippen LogP contribution in [0.25, 0.3) is 5.69 Å². The number of fused-ring (bicyclic) bond motifs is 1. The number of hydrogen-bond donors (Lipinski definition) is 1. The summed E-state index contributed by atoms with van der Waals surface area (Å²) in [7, 11) is 0. The van der Waals surface area contributed by atoms with Crippen molar-refractivity contribution in [2.24, 2.45) is 5.10 Å². The summed E-state index contributed by atoms with van der Waals surface area (Å²) in [5, 5.41) is 4.29. The minimum absolute atomic E-state index is 0.201. The number of nitrogens with zero attached hydrogens (tertiary/aromatic N) is 2. The smallest absolute Gasteiger partial charge is 0.273 e. The number of ether oxygens (including phenoxy) is 2. The molecule has 1 aliphatic rings. The van der Waals surface area contributed by atoms with E-state index in [1.165, 1.54) is 0 Å². The molecule has 30 heavy (non-hydrogen) atoms. The van der Waals surface area contributed by atoms with Crippen molar-refractivity contribution in [3.63, 3.8) is 0 Å². The van der Waals surface area contributed by atoms with Crippen LogP contribution in [0.5, 0.6) is 11.5 Å². The molecular formula is C24H25N3O3. The van der Waals surface area contributed by atoms with Crippen molar-refractivity contribution in [2.45, 2.75) is 33.6 Å². The minimum Gasteiger partial charge on any atom is -0.454 e. The van der Waals surface area contributed by atoms with Crippen molar-refractivity contribution < 1.29 is 14.3 Å². The number of para-hydroxylation sites is 1. The predicted octanol–water partition coefficient (Wildman–Crippen LogP) is 4.56. The van der Waals surface area contributed by atoms with E-state index in [1.807, 2.05) is 75.4 Å². The molecule has 0 aliphatic carbocycles. The maximum absolute atomic E-state index is 12.7. The lowest BCUT2D eigenvalue weighted by Gasteiger charge is -2.09. The van der Waals surface area contributed by atoms with Crippen LogP contribution in [-0.2, 0) is 6.42 Å². The summed E-state index contributed by atoms with van der Waals surface area (Å²) in [4.78, 5) is 12.7. The van der Waals surface area contributed by atoms with Crippen LogP contribution < -0.4 is 14.9 Å². The van der Waals surface area contributed by atoms with Gasteiger partial charge in [-0.05, 0) is 69.5 Å². The summed E-state index contributed by atoms with van der Waals surface area (Å²) < 4.78 is 12.8. The second-order valence-electron chi connectivity index (χ2n) is 7.43. The van der Waals surface area contributed by atoms with Gasteiger partial charge in [-0.15, -0.1) is 0 Å². The van der Waals surface area contributed by atoms with Crippen LogP contribution in [-0.4, -0.2) is 23.0 Å². The summed E-state index contributed by atoms with van der Waals surface area (Å²) in [6.07, 6.45) is 1.55. The number of carbonyl (C=O) groups is 1. The number of amides is 1. The molecule has 0 radical (unpaired) electrons. The number of aromatic nitrogens is 1. The first-order valence-corrected chi connectivity index (χ1v) is 9.99. The zero-order valence-electron chi connectivity index (χ0n) is 17.4. The van der Waals surface area contributed by atoms with E-state index < -0.39 is 0 Å². The van der Waals surface area contributed by atoms with Crippen LogP contribution in [0, 0.1) is 13.8 Å². The van der Waals surface area contributed by atoms with Crippen molar-refractivity contribution >= 4 is 11.6 Å². The van der Waals surface area contributed by atoms with Gasteiger partial charge in [-0.25, -0.2) is 5.43 Å². The molecule has 2 aromatic carbocycles. The molecule has 1 N–H and O–H groups in total. The predicted molar refractivity (Wildman–Crippen MR) is 117 cm³/mol. The van der Waals surface area contributed by atoms with Gasteiger partial charge in [-0.2, -0.15) is 5.10 Å². The molecule has 0 spiro atoms. The van der Waals surface area contributed by atoms with Gasteiger partial charge in [0.15, 0.2) is 11.5 Å². The van der Waals surface area contributed by atoms with Crippen LogP contribution in [0.4, 0.5) is 0 Å². The number of rotatable bonds is 6. The highest BCUT2D eigenvalue weighted by Gasteiger charge is 2.16. The average molecular weight is 403 g/mol. The third-order valence-corrected chi connectivity index (χ3v) is 5.25.